The van der Waals surface area contributed by atoms with Gasteiger partial charge in [0.05, 0.1) is 6.10 Å². The lowest BCUT2D eigenvalue weighted by Crippen LogP contribution is -2.70. The van der Waals surface area contributed by atoms with Gasteiger partial charge in [-0.05, 0) is 44.1 Å². The van der Waals surface area contributed by atoms with Crippen molar-refractivity contribution in [2.45, 2.75) is 76.9 Å². The van der Waals surface area contributed by atoms with Gasteiger partial charge in [-0.1, -0.05) is 26.8 Å². The Morgan fingerprint density at radius 1 is 1.24 bits per heavy atom. The highest BCUT2D eigenvalue weighted by Crippen LogP contribution is 2.71. The lowest BCUT2D eigenvalue weighted by molar-refractivity contribution is -0.224. The minimum Gasteiger partial charge on any atom is -0.458 e. The normalized spacial score (nSPS) is 47.7. The fourth-order valence-electron chi connectivity index (χ4n) is 7.58. The number of carbonyl (C=O) groups excluding carboxylic acids is 3. The number of ether oxygens (including phenoxy) is 1. The van der Waals surface area contributed by atoms with Crippen molar-refractivity contribution in [1.29, 1.82) is 0 Å². The van der Waals surface area contributed by atoms with Crippen molar-refractivity contribution in [2.24, 2.45) is 28.6 Å². The van der Waals surface area contributed by atoms with Crippen LogP contribution in [0.1, 0.15) is 53.4 Å². The Labute approximate surface area is 196 Å². The fraction of sp³-hybridized carbons (Fsp3) is 0.720. The molecule has 9 atom stereocenters. The first kappa shape index (κ1) is 25.1. The summed E-state index contributed by atoms with van der Waals surface area (Å²) in [6.07, 6.45) is -2.36. The predicted molar refractivity (Wildman–Crippen MR) is 114 cm³/mol. The van der Waals surface area contributed by atoms with Gasteiger partial charge in [-0.15, -0.1) is 0 Å². The first-order valence-corrected chi connectivity index (χ1v) is 11.8. The second kappa shape index (κ2) is 7.75. The quantitative estimate of drug-likeness (QED) is 0.595. The van der Waals surface area contributed by atoms with E-state index in [-0.39, 0.29) is 19.3 Å². The Morgan fingerprint density at radius 3 is 2.50 bits per heavy atom. The number of rotatable bonds is 4. The lowest BCUT2D eigenvalue weighted by Gasteiger charge is -2.63. The van der Waals surface area contributed by atoms with Gasteiger partial charge < -0.3 is 14.9 Å². The zero-order valence-corrected chi connectivity index (χ0v) is 19.7. The van der Waals surface area contributed by atoms with Crippen LogP contribution < -0.4 is 0 Å². The van der Waals surface area contributed by atoms with Crippen molar-refractivity contribution in [2.75, 3.05) is 6.61 Å². The summed E-state index contributed by atoms with van der Waals surface area (Å²) in [7, 11) is 0. The van der Waals surface area contributed by atoms with Gasteiger partial charge in [-0.2, -0.15) is 0 Å². The molecule has 34 heavy (non-hydrogen) atoms. The van der Waals surface area contributed by atoms with E-state index in [1.807, 2.05) is 0 Å². The van der Waals surface area contributed by atoms with Crippen LogP contribution in [0.2, 0.25) is 0 Å². The summed E-state index contributed by atoms with van der Waals surface area (Å²) in [5, 5.41) is 22.9. The summed E-state index contributed by atoms with van der Waals surface area (Å²) in [5.74, 6) is -6.31. The molecule has 0 aromatic rings. The van der Waals surface area contributed by atoms with Crippen LogP contribution in [0.15, 0.2) is 23.6 Å². The minimum absolute atomic E-state index is 0.0468. The van der Waals surface area contributed by atoms with E-state index in [0.717, 1.165) is 12.2 Å². The number of Topliss-reactive ketones (excluding diaryl/α,β-unsaturated/α-hetero) is 1. The van der Waals surface area contributed by atoms with Crippen LogP contribution in [0.5, 0.6) is 0 Å². The van der Waals surface area contributed by atoms with Gasteiger partial charge in [0.15, 0.2) is 18.1 Å². The Hall–Kier alpha value is -2.00. The van der Waals surface area contributed by atoms with Gasteiger partial charge in [0, 0.05) is 28.7 Å². The number of halogens is 3. The first-order valence-electron chi connectivity index (χ1n) is 11.8. The molecule has 0 heterocycles. The number of ketones is 2. The van der Waals surface area contributed by atoms with Gasteiger partial charge in [0.25, 0.3) is 0 Å². The number of esters is 1. The first-order chi connectivity index (χ1) is 15.7. The van der Waals surface area contributed by atoms with Gasteiger partial charge >= 0.3 is 5.97 Å². The molecule has 4 aliphatic rings. The van der Waals surface area contributed by atoms with E-state index in [0.29, 0.717) is 0 Å². The third-order valence-electron chi connectivity index (χ3n) is 9.37. The second-order valence-electron chi connectivity index (χ2n) is 10.8. The number of allylic oxidation sites excluding steroid dienone is 4. The van der Waals surface area contributed by atoms with Crippen LogP contribution in [-0.4, -0.2) is 57.9 Å². The minimum atomic E-state index is -2.52. The van der Waals surface area contributed by atoms with Gasteiger partial charge in [0.2, 0.25) is 11.6 Å². The van der Waals surface area contributed by atoms with Crippen molar-refractivity contribution in [1.82, 2.24) is 0 Å². The Morgan fingerprint density at radius 2 is 1.88 bits per heavy atom. The maximum absolute atomic E-state index is 17.1. The Bertz CT molecular complexity index is 1010. The van der Waals surface area contributed by atoms with Crippen molar-refractivity contribution in [3.05, 3.63) is 23.6 Å². The molecule has 3 saturated carbocycles. The molecule has 4 rings (SSSR count). The molecule has 2 N–H and O–H groups in total. The molecule has 188 valence electrons. The van der Waals surface area contributed by atoms with E-state index in [2.05, 4.69) is 0 Å². The second-order valence-corrected chi connectivity index (χ2v) is 10.8. The number of aliphatic hydroxyl groups is 2. The molecule has 4 aliphatic carbocycles. The smallest absolute Gasteiger partial charge is 0.305 e. The third-order valence-corrected chi connectivity index (χ3v) is 9.37. The molecular weight excluding hydrogens is 453 g/mol. The number of aliphatic hydroxyl groups excluding tert-OH is 1. The van der Waals surface area contributed by atoms with Crippen molar-refractivity contribution >= 4 is 17.5 Å². The van der Waals surface area contributed by atoms with Crippen LogP contribution in [0.4, 0.5) is 13.2 Å². The molecule has 0 spiro atoms. The zero-order chi connectivity index (χ0) is 25.4. The van der Waals surface area contributed by atoms with Crippen LogP contribution >= 0.6 is 0 Å². The van der Waals surface area contributed by atoms with E-state index in [4.69, 9.17) is 4.74 Å². The van der Waals surface area contributed by atoms with Crippen LogP contribution in [0, 0.1) is 28.6 Å². The molecule has 0 saturated heterocycles. The average Bonchev–Trinajstić information content (AvgIpc) is 2.98. The molecule has 0 unspecified atom stereocenters. The number of carbonyl (C=O) groups is 3. The van der Waals surface area contributed by atoms with Crippen LogP contribution in [-0.2, 0) is 19.1 Å². The molecule has 0 bridgehead atoms. The summed E-state index contributed by atoms with van der Waals surface area (Å²) >= 11 is 0. The summed E-state index contributed by atoms with van der Waals surface area (Å²) < 4.78 is 52.2. The number of hydrogen-bond donors (Lipinski definition) is 2. The molecule has 0 amide bonds. The number of alkyl halides is 2. The number of fused-ring (bicyclic) bond motifs is 5. The summed E-state index contributed by atoms with van der Waals surface area (Å²) in [6.45, 7) is 5.38. The molecule has 3 fully saturated rings. The molecule has 0 radical (unpaired) electrons. The fourth-order valence-corrected chi connectivity index (χ4v) is 7.58. The Kier molecular flexibility index (Phi) is 5.72. The molecule has 0 aliphatic heterocycles. The van der Waals surface area contributed by atoms with Crippen molar-refractivity contribution < 1.29 is 42.5 Å². The van der Waals surface area contributed by atoms with E-state index < -0.39 is 94.1 Å². The monoisotopic (exact) mass is 484 g/mol. The predicted octanol–water partition coefficient (Wildman–Crippen LogP) is 3.10. The summed E-state index contributed by atoms with van der Waals surface area (Å²) in [6, 6.07) is 0. The van der Waals surface area contributed by atoms with Crippen LogP contribution in [0.25, 0.3) is 0 Å². The maximum Gasteiger partial charge on any atom is 0.305 e. The van der Waals surface area contributed by atoms with E-state index in [1.165, 1.54) is 6.92 Å². The van der Waals surface area contributed by atoms with E-state index in [1.54, 1.807) is 20.8 Å². The summed E-state index contributed by atoms with van der Waals surface area (Å²) in [4.78, 5) is 36.6. The lowest BCUT2D eigenvalue weighted by atomic mass is 9.44. The average molecular weight is 485 g/mol. The molecule has 6 nitrogen and oxygen atoms in total. The number of hydrogen-bond acceptors (Lipinski definition) is 6. The SMILES string of the molecule is CCC(=O)OCC(=O)[C@@]1(O)[C@H](C)C[C@H]2[C@@H]3C[C@H](F)C4=C(F)C(=O)C=C[C@]4(C)[C@@]3(F)[C@@H](O)C[C@@]21C. The highest BCUT2D eigenvalue weighted by molar-refractivity contribution is 6.04. The van der Waals surface area contributed by atoms with Gasteiger partial charge in [-0.3, -0.25) is 14.4 Å². The van der Waals surface area contributed by atoms with Gasteiger partial charge in [0.1, 0.15) is 11.8 Å². The van der Waals surface area contributed by atoms with E-state index in [9.17, 15) is 29.0 Å². The highest BCUT2D eigenvalue weighted by Gasteiger charge is 2.77. The largest absolute Gasteiger partial charge is 0.458 e. The zero-order valence-electron chi connectivity index (χ0n) is 19.7. The van der Waals surface area contributed by atoms with E-state index >= 15 is 8.78 Å². The standard InChI is InChI=1S/C25H31F3O6/c1-5-19(32)34-11-18(31)25(33)12(2)8-13-14-9-15(26)20-21(27)16(29)6-7-22(20,3)24(14,28)17(30)10-23(13,25)4/h6-7,12-15,17,30,33H,5,8-11H2,1-4H3/t12-,13+,14+,15+,17+,22+,23+,24+,25+/m1/s1. The molecule has 9 heteroatoms. The molecular formula is C25H31F3O6. The van der Waals surface area contributed by atoms with Gasteiger partial charge in [-0.25, -0.2) is 13.2 Å². The van der Waals surface area contributed by atoms with Crippen LogP contribution in [0.3, 0.4) is 0 Å². The van der Waals surface area contributed by atoms with Crippen molar-refractivity contribution in [3.8, 4) is 0 Å². The maximum atomic E-state index is 17.1. The Balaban J connectivity index is 1.78. The topological polar surface area (TPSA) is 101 Å². The highest BCUT2D eigenvalue weighted by atomic mass is 19.2. The molecule has 0 aromatic carbocycles. The summed E-state index contributed by atoms with van der Waals surface area (Å²) in [5.41, 5.74) is -8.40. The van der Waals surface area contributed by atoms with Crippen molar-refractivity contribution in [3.63, 3.8) is 0 Å². The third kappa shape index (κ3) is 2.86. The molecule has 0 aromatic heterocycles.